The molecule has 0 bridgehead atoms. The Morgan fingerprint density at radius 3 is 3.00 bits per heavy atom. The molecule has 1 aromatic carbocycles. The highest BCUT2D eigenvalue weighted by molar-refractivity contribution is 6.32. The Kier molecular flexibility index (Phi) is 4.12. The molecule has 0 atom stereocenters. The number of halogens is 2. The number of hydrogen-bond donors (Lipinski definition) is 1. The smallest absolute Gasteiger partial charge is 0.223 e. The predicted octanol–water partition coefficient (Wildman–Crippen LogP) is 3.39. The minimum Gasteiger partial charge on any atom is -0.437 e. The van der Waals surface area contributed by atoms with Crippen molar-refractivity contribution in [2.24, 2.45) is 0 Å². The first-order valence-corrected chi connectivity index (χ1v) is 5.80. The van der Waals surface area contributed by atoms with E-state index < -0.39 is 5.82 Å². The number of benzene rings is 1. The van der Waals surface area contributed by atoms with Crippen LogP contribution < -0.4 is 10.1 Å². The van der Waals surface area contributed by atoms with Crippen molar-refractivity contribution >= 4 is 11.6 Å². The van der Waals surface area contributed by atoms with Gasteiger partial charge in [0, 0.05) is 24.4 Å². The number of nitrogens with one attached hydrogen (secondary N) is 1. The van der Waals surface area contributed by atoms with Crippen LogP contribution in [0.25, 0.3) is 0 Å². The van der Waals surface area contributed by atoms with Crippen molar-refractivity contribution in [2.75, 3.05) is 7.05 Å². The summed E-state index contributed by atoms with van der Waals surface area (Å²) in [6, 6.07) is 7.66. The topological polar surface area (TPSA) is 34.2 Å². The highest BCUT2D eigenvalue weighted by atomic mass is 35.5. The molecule has 0 spiro atoms. The Hall–Kier alpha value is -1.65. The van der Waals surface area contributed by atoms with Gasteiger partial charge < -0.3 is 10.1 Å². The third-order valence-electron chi connectivity index (χ3n) is 2.32. The molecule has 0 aliphatic heterocycles. The minimum atomic E-state index is -0.402. The van der Waals surface area contributed by atoms with E-state index in [4.69, 9.17) is 16.3 Å². The van der Waals surface area contributed by atoms with E-state index in [9.17, 15) is 4.39 Å². The summed E-state index contributed by atoms with van der Waals surface area (Å²) >= 11 is 5.94. The van der Waals surface area contributed by atoms with Crippen LogP contribution in [0.15, 0.2) is 36.5 Å². The number of aromatic nitrogens is 1. The molecule has 94 valence electrons. The number of pyridine rings is 1. The molecule has 1 N–H and O–H groups in total. The van der Waals surface area contributed by atoms with Gasteiger partial charge in [0.2, 0.25) is 5.88 Å². The quantitative estimate of drug-likeness (QED) is 0.921. The molecule has 0 radical (unpaired) electrons. The average molecular weight is 267 g/mol. The highest BCUT2D eigenvalue weighted by Crippen LogP contribution is 2.30. The van der Waals surface area contributed by atoms with E-state index in [-0.39, 0.29) is 5.75 Å². The van der Waals surface area contributed by atoms with Gasteiger partial charge in [-0.25, -0.2) is 9.37 Å². The summed E-state index contributed by atoms with van der Waals surface area (Å²) in [6.45, 7) is 0.607. The van der Waals surface area contributed by atoms with Gasteiger partial charge in [0.15, 0.2) is 5.75 Å². The molecule has 2 rings (SSSR count). The third-order valence-corrected chi connectivity index (χ3v) is 2.63. The summed E-state index contributed by atoms with van der Waals surface area (Å²) in [6.07, 6.45) is 1.61. The molecule has 1 aromatic heterocycles. The molecule has 0 unspecified atom stereocenters. The maximum Gasteiger partial charge on any atom is 0.223 e. The van der Waals surface area contributed by atoms with E-state index in [1.165, 1.54) is 18.2 Å². The second-order valence-electron chi connectivity index (χ2n) is 3.67. The van der Waals surface area contributed by atoms with Gasteiger partial charge in [0.25, 0.3) is 0 Å². The van der Waals surface area contributed by atoms with Crippen molar-refractivity contribution in [3.8, 4) is 11.6 Å². The van der Waals surface area contributed by atoms with Crippen molar-refractivity contribution in [1.29, 1.82) is 0 Å². The van der Waals surface area contributed by atoms with Gasteiger partial charge in [-0.15, -0.1) is 0 Å². The van der Waals surface area contributed by atoms with Gasteiger partial charge in [-0.1, -0.05) is 17.7 Å². The van der Waals surface area contributed by atoms with Crippen LogP contribution in [0.4, 0.5) is 4.39 Å². The van der Waals surface area contributed by atoms with Crippen molar-refractivity contribution < 1.29 is 9.13 Å². The Bertz CT molecular complexity index is 548. The summed E-state index contributed by atoms with van der Waals surface area (Å²) in [4.78, 5) is 4.12. The first kappa shape index (κ1) is 12.8. The van der Waals surface area contributed by atoms with Crippen molar-refractivity contribution in [1.82, 2.24) is 10.3 Å². The van der Waals surface area contributed by atoms with Crippen molar-refractivity contribution in [2.45, 2.75) is 6.54 Å². The Morgan fingerprint density at radius 1 is 1.39 bits per heavy atom. The lowest BCUT2D eigenvalue weighted by molar-refractivity contribution is 0.450. The van der Waals surface area contributed by atoms with E-state index in [2.05, 4.69) is 10.3 Å². The Balaban J connectivity index is 2.30. The highest BCUT2D eigenvalue weighted by Gasteiger charge is 2.09. The standard InChI is InChI=1S/C13H12ClFN2O/c1-16-8-9-3-2-6-17-13(9)18-12-7-10(15)4-5-11(12)14/h2-7,16H,8H2,1H3. The predicted molar refractivity (Wildman–Crippen MR) is 68.5 cm³/mol. The van der Waals surface area contributed by atoms with E-state index >= 15 is 0 Å². The molecule has 1 heterocycles. The largest absolute Gasteiger partial charge is 0.437 e. The lowest BCUT2D eigenvalue weighted by Gasteiger charge is -2.10. The van der Waals surface area contributed by atoms with Gasteiger partial charge >= 0.3 is 0 Å². The Labute approximate surface area is 110 Å². The number of hydrogen-bond acceptors (Lipinski definition) is 3. The van der Waals surface area contributed by atoms with E-state index in [1.54, 1.807) is 6.20 Å². The summed E-state index contributed by atoms with van der Waals surface area (Å²) < 4.78 is 18.7. The average Bonchev–Trinajstić information content (AvgIpc) is 2.36. The lowest BCUT2D eigenvalue weighted by atomic mass is 10.2. The first-order valence-electron chi connectivity index (χ1n) is 5.42. The van der Waals surface area contributed by atoms with Crippen LogP contribution in [0.3, 0.4) is 0 Å². The number of nitrogens with zero attached hydrogens (tertiary/aromatic N) is 1. The molecule has 0 saturated carbocycles. The molecule has 5 heteroatoms. The molecule has 2 aromatic rings. The van der Waals surface area contributed by atoms with E-state index in [0.717, 1.165) is 5.56 Å². The fourth-order valence-corrected chi connectivity index (χ4v) is 1.66. The number of ether oxygens (including phenoxy) is 1. The van der Waals surface area contributed by atoms with Crippen LogP contribution >= 0.6 is 11.6 Å². The number of rotatable bonds is 4. The zero-order valence-corrected chi connectivity index (χ0v) is 10.5. The molecule has 0 saturated heterocycles. The SMILES string of the molecule is CNCc1cccnc1Oc1cc(F)ccc1Cl. The van der Waals surface area contributed by atoms with Crippen molar-refractivity contribution in [3.05, 3.63) is 52.9 Å². The van der Waals surface area contributed by atoms with E-state index in [1.807, 2.05) is 19.2 Å². The summed E-state index contributed by atoms with van der Waals surface area (Å²) in [5.41, 5.74) is 0.875. The van der Waals surface area contributed by atoms with Crippen LogP contribution in [-0.2, 0) is 6.54 Å². The third kappa shape index (κ3) is 2.97. The molecule has 18 heavy (non-hydrogen) atoms. The van der Waals surface area contributed by atoms with Gasteiger partial charge in [-0.05, 0) is 25.2 Å². The van der Waals surface area contributed by atoms with Crippen LogP contribution in [0.5, 0.6) is 11.6 Å². The molecular formula is C13H12ClFN2O. The van der Waals surface area contributed by atoms with Gasteiger partial charge in [0.05, 0.1) is 5.02 Å². The molecule has 0 fully saturated rings. The summed E-state index contributed by atoms with van der Waals surface area (Å²) in [7, 11) is 1.83. The van der Waals surface area contributed by atoms with E-state index in [0.29, 0.717) is 17.4 Å². The van der Waals surface area contributed by atoms with Crippen molar-refractivity contribution in [3.63, 3.8) is 0 Å². The van der Waals surface area contributed by atoms with Gasteiger partial charge in [-0.3, -0.25) is 0 Å². The lowest BCUT2D eigenvalue weighted by Crippen LogP contribution is -2.07. The monoisotopic (exact) mass is 266 g/mol. The molecule has 0 aliphatic carbocycles. The molecule has 3 nitrogen and oxygen atoms in total. The fraction of sp³-hybridized carbons (Fsp3) is 0.154. The molecular weight excluding hydrogens is 255 g/mol. The first-order chi connectivity index (χ1) is 8.70. The van der Waals surface area contributed by atoms with Crippen LogP contribution in [0.2, 0.25) is 5.02 Å². The summed E-state index contributed by atoms with van der Waals surface area (Å²) in [5, 5.41) is 3.35. The van der Waals surface area contributed by atoms with Crippen LogP contribution in [0, 0.1) is 5.82 Å². The molecule has 0 aliphatic rings. The summed E-state index contributed by atoms with van der Waals surface area (Å²) in [5.74, 6) is 0.271. The molecule has 0 amide bonds. The Morgan fingerprint density at radius 2 is 2.22 bits per heavy atom. The normalized spacial score (nSPS) is 10.4. The van der Waals surface area contributed by atoms with Crippen LogP contribution in [-0.4, -0.2) is 12.0 Å². The maximum atomic E-state index is 13.1. The van der Waals surface area contributed by atoms with Crippen LogP contribution in [0.1, 0.15) is 5.56 Å². The van der Waals surface area contributed by atoms with Gasteiger partial charge in [0.1, 0.15) is 5.82 Å². The van der Waals surface area contributed by atoms with Gasteiger partial charge in [-0.2, -0.15) is 0 Å². The second-order valence-corrected chi connectivity index (χ2v) is 4.08. The fourth-order valence-electron chi connectivity index (χ4n) is 1.50. The zero-order chi connectivity index (χ0) is 13.0. The maximum absolute atomic E-state index is 13.1. The minimum absolute atomic E-state index is 0.257. The second kappa shape index (κ2) is 5.80. The zero-order valence-electron chi connectivity index (χ0n) is 9.78.